The van der Waals surface area contributed by atoms with Gasteiger partial charge in [-0.15, -0.1) is 0 Å². The summed E-state index contributed by atoms with van der Waals surface area (Å²) < 4.78 is 1.27. The Balaban J connectivity index is 4.27. The summed E-state index contributed by atoms with van der Waals surface area (Å²) >= 11 is 0. The molecule has 0 rings (SSSR count). The largest absolute Gasteiger partial charge is 0.343 e. The van der Waals surface area contributed by atoms with Gasteiger partial charge in [-0.05, 0) is 0 Å². The van der Waals surface area contributed by atoms with Crippen LogP contribution in [0.4, 0.5) is 0 Å². The molecule has 0 saturated carbocycles. The summed E-state index contributed by atoms with van der Waals surface area (Å²) in [7, 11) is 8.03. The molecule has 0 aliphatic rings. The molecular weight excluding hydrogens is 164 g/mol. The van der Waals surface area contributed by atoms with E-state index in [-0.39, 0.29) is 0 Å². The molecule has 0 aromatic heterocycles. The van der Waals surface area contributed by atoms with Crippen molar-refractivity contribution in [1.29, 1.82) is 5.26 Å². The van der Waals surface area contributed by atoms with Gasteiger partial charge in [-0.2, -0.15) is 5.26 Å². The van der Waals surface area contributed by atoms with Crippen LogP contribution < -0.4 is 0 Å². The quantitative estimate of drug-likeness (QED) is 0.269. The van der Waals surface area contributed by atoms with Gasteiger partial charge in [-0.3, -0.25) is 9.33 Å². The molecule has 0 amide bonds. The average molecular weight is 182 g/mol. The van der Waals surface area contributed by atoms with E-state index >= 15 is 0 Å². The number of rotatable bonds is 4. The van der Waals surface area contributed by atoms with Crippen LogP contribution in [0.5, 0.6) is 0 Å². The third-order valence-electron chi connectivity index (χ3n) is 1.72. The smallest absolute Gasteiger partial charge is 0.270 e. The Labute approximate surface area is 80.6 Å². The van der Waals surface area contributed by atoms with Crippen molar-refractivity contribution in [2.75, 3.05) is 48.1 Å². The van der Waals surface area contributed by atoms with Gasteiger partial charge in [0.15, 0.2) is 6.54 Å². The van der Waals surface area contributed by atoms with Gasteiger partial charge in [-0.1, -0.05) is 0 Å². The minimum atomic E-state index is 0.465. The predicted molar refractivity (Wildman–Crippen MR) is 51.0 cm³/mol. The number of nitriles is 1. The van der Waals surface area contributed by atoms with Crippen molar-refractivity contribution >= 4 is 0 Å². The molecule has 0 heterocycles. The van der Waals surface area contributed by atoms with Crippen LogP contribution >= 0.6 is 0 Å². The molecule has 0 fully saturated rings. The molecule has 0 aromatic rings. The second kappa shape index (κ2) is 4.23. The highest BCUT2D eigenvalue weighted by Gasteiger charge is 2.28. The van der Waals surface area contributed by atoms with Crippen molar-refractivity contribution in [2.24, 2.45) is 0 Å². The fourth-order valence-electron chi connectivity index (χ4n) is 1.51. The highest BCUT2D eigenvalue weighted by molar-refractivity contribution is 4.66. The Hall–Kier alpha value is -1.10. The van der Waals surface area contributed by atoms with Gasteiger partial charge in [0.25, 0.3) is 0 Å². The van der Waals surface area contributed by atoms with Gasteiger partial charge < -0.3 is 0 Å². The molecule has 0 aliphatic carbocycles. The first-order valence-corrected chi connectivity index (χ1v) is 4.17. The van der Waals surface area contributed by atoms with Gasteiger partial charge >= 0.3 is 6.67 Å². The van der Waals surface area contributed by atoms with Gasteiger partial charge in [0, 0.05) is 0 Å². The molecule has 0 unspecified atom stereocenters. The van der Waals surface area contributed by atoms with Crippen LogP contribution in [0.15, 0.2) is 0 Å². The Kier molecular flexibility index (Phi) is 3.87. The van der Waals surface area contributed by atoms with Gasteiger partial charge in [0.2, 0.25) is 6.67 Å². The second-order valence-electron chi connectivity index (χ2n) is 4.63. The molecule has 0 aromatic carbocycles. The molecule has 72 valence electrons. The highest BCUT2D eigenvalue weighted by Crippen LogP contribution is 2.05. The molecule has 0 spiro atoms. The first kappa shape index (κ1) is 11.9. The lowest BCUT2D eigenvalue weighted by Gasteiger charge is -2.33. The van der Waals surface area contributed by atoms with Crippen molar-refractivity contribution in [2.45, 2.75) is 0 Å². The third-order valence-corrected chi connectivity index (χ3v) is 1.72. The summed E-state index contributed by atoms with van der Waals surface area (Å²) in [6.07, 6.45) is 0. The maximum atomic E-state index is 8.60. The van der Waals surface area contributed by atoms with E-state index in [4.69, 9.17) is 11.8 Å². The van der Waals surface area contributed by atoms with E-state index in [1.54, 1.807) is 0 Å². The Morgan fingerprint density at radius 3 is 2.15 bits per heavy atom. The predicted octanol–water partition coefficient (Wildman–Crippen LogP) is 0.497. The van der Waals surface area contributed by atoms with Crippen LogP contribution in [-0.2, 0) is 0 Å². The normalized spacial score (nSPS) is 11.8. The lowest BCUT2D eigenvalue weighted by molar-refractivity contribution is -1.06. The molecule has 0 radical (unpaired) electrons. The maximum Gasteiger partial charge on any atom is 0.343 e. The lowest BCUT2D eigenvalue weighted by Crippen LogP contribution is -2.55. The van der Waals surface area contributed by atoms with Gasteiger partial charge in [0.1, 0.15) is 6.07 Å². The van der Waals surface area contributed by atoms with Crippen LogP contribution in [0, 0.1) is 17.9 Å². The number of hydrogen-bond donors (Lipinski definition) is 0. The van der Waals surface area contributed by atoms with E-state index in [0.717, 1.165) is 6.67 Å². The summed E-state index contributed by atoms with van der Waals surface area (Å²) in [5.41, 5.74) is 0. The number of nitrogens with zero attached hydrogens (tertiary/aromatic N) is 4. The topological polar surface area (TPSA) is 28.1 Å². The van der Waals surface area contributed by atoms with Crippen molar-refractivity contribution in [3.05, 3.63) is 11.4 Å². The molecule has 0 aliphatic heterocycles. The summed E-state index contributed by atoms with van der Waals surface area (Å²) in [6, 6.07) is 2.16. The molecule has 4 heteroatoms. The summed E-state index contributed by atoms with van der Waals surface area (Å²) in [6.45, 7) is 8.56. The van der Waals surface area contributed by atoms with Gasteiger partial charge in [-0.25, -0.2) is 11.1 Å². The monoisotopic (exact) mass is 182 g/mol. The van der Waals surface area contributed by atoms with E-state index in [2.05, 4.69) is 10.9 Å². The Morgan fingerprint density at radius 1 is 1.23 bits per heavy atom. The number of quaternary nitrogens is 2. The van der Waals surface area contributed by atoms with E-state index in [9.17, 15) is 0 Å². The van der Waals surface area contributed by atoms with Crippen LogP contribution in [0.2, 0.25) is 0 Å². The molecule has 0 N–H and O–H groups in total. The zero-order valence-corrected chi connectivity index (χ0v) is 8.91. The van der Waals surface area contributed by atoms with Crippen LogP contribution in [-0.4, -0.2) is 57.0 Å². The highest BCUT2D eigenvalue weighted by atomic mass is 15.5. The minimum absolute atomic E-state index is 0.465. The molecule has 0 atom stereocenters. The summed E-state index contributed by atoms with van der Waals surface area (Å²) in [5, 5.41) is 8.60. The summed E-state index contributed by atoms with van der Waals surface area (Å²) in [4.78, 5) is 3.38. The lowest BCUT2D eigenvalue weighted by atomic mass is 10.5. The third kappa shape index (κ3) is 5.19. The maximum absolute atomic E-state index is 8.60. The zero-order valence-electron chi connectivity index (χ0n) is 8.91. The molecular formula is C9H18N4+2. The van der Waals surface area contributed by atoms with Crippen molar-refractivity contribution in [3.8, 4) is 6.07 Å². The first-order valence-electron chi connectivity index (χ1n) is 4.17. The fourth-order valence-corrected chi connectivity index (χ4v) is 1.51. The Morgan fingerprint density at radius 2 is 1.77 bits per heavy atom. The molecule has 0 bridgehead atoms. The molecule has 13 heavy (non-hydrogen) atoms. The minimum Gasteiger partial charge on any atom is -0.270 e. The van der Waals surface area contributed by atoms with E-state index in [1.807, 2.05) is 28.2 Å². The summed E-state index contributed by atoms with van der Waals surface area (Å²) in [5.74, 6) is 0. The van der Waals surface area contributed by atoms with Crippen molar-refractivity contribution in [1.82, 2.24) is 0 Å². The van der Waals surface area contributed by atoms with E-state index in [1.165, 1.54) is 0 Å². The van der Waals surface area contributed by atoms with Crippen LogP contribution in [0.25, 0.3) is 4.85 Å². The van der Waals surface area contributed by atoms with E-state index in [0.29, 0.717) is 22.2 Å². The standard InChI is InChI=1S/C9H18N4/c1-11-8-13(4,5)9-12(2,3)7-6-10/h7-9H2,2-5H3/q+2. The average Bonchev–Trinajstić information content (AvgIpc) is 1.82. The number of hydrogen-bond acceptors (Lipinski definition) is 1. The van der Waals surface area contributed by atoms with E-state index < -0.39 is 0 Å². The molecule has 4 nitrogen and oxygen atoms in total. The fraction of sp³-hybridized carbons (Fsp3) is 0.778. The van der Waals surface area contributed by atoms with Gasteiger partial charge in [0.05, 0.1) is 28.2 Å². The SMILES string of the molecule is [C-]#[N+]C[N+](C)(C)C[N+](C)(C)CC#N. The van der Waals surface area contributed by atoms with Crippen molar-refractivity contribution in [3.63, 3.8) is 0 Å². The second-order valence-corrected chi connectivity index (χ2v) is 4.63. The zero-order chi connectivity index (χ0) is 10.5. The Bertz CT molecular complexity index is 215. The van der Waals surface area contributed by atoms with Crippen molar-refractivity contribution < 1.29 is 8.97 Å². The van der Waals surface area contributed by atoms with Crippen LogP contribution in [0.3, 0.4) is 0 Å². The molecule has 0 saturated heterocycles. The van der Waals surface area contributed by atoms with Crippen LogP contribution in [0.1, 0.15) is 0 Å². The first-order chi connectivity index (χ1) is 5.83.